The maximum atomic E-state index is 15.3. The molecule has 37 heavy (non-hydrogen) atoms. The summed E-state index contributed by atoms with van der Waals surface area (Å²) in [4.78, 5) is 17.3. The maximum absolute atomic E-state index is 15.3. The lowest BCUT2D eigenvalue weighted by Gasteiger charge is -2.28. The predicted molar refractivity (Wildman–Crippen MR) is 135 cm³/mol. The van der Waals surface area contributed by atoms with Gasteiger partial charge in [-0.25, -0.2) is 23.7 Å². The number of imidazole rings is 1. The molecule has 9 heteroatoms. The number of aliphatic hydroxyl groups excluding tert-OH is 1. The number of aryl methyl sites for hydroxylation is 2. The maximum Gasteiger partial charge on any atom is 0.322 e. The summed E-state index contributed by atoms with van der Waals surface area (Å²) in [5.74, 6) is -0.153. The zero-order chi connectivity index (χ0) is 25.7. The molecule has 1 fully saturated rings. The molecule has 3 heterocycles. The van der Waals surface area contributed by atoms with Crippen LogP contribution in [-0.4, -0.2) is 35.7 Å². The van der Waals surface area contributed by atoms with Gasteiger partial charge in [-0.05, 0) is 63.8 Å². The van der Waals surface area contributed by atoms with Crippen LogP contribution in [0.25, 0.3) is 33.1 Å². The van der Waals surface area contributed by atoms with E-state index in [1.54, 1.807) is 37.5 Å². The van der Waals surface area contributed by atoms with Crippen molar-refractivity contribution in [2.24, 2.45) is 0 Å². The largest absolute Gasteiger partial charge is 0.424 e. The second-order valence-corrected chi connectivity index (χ2v) is 9.56. The van der Waals surface area contributed by atoms with Gasteiger partial charge in [0.2, 0.25) is 0 Å². The van der Waals surface area contributed by atoms with Crippen LogP contribution in [0.15, 0.2) is 48.8 Å². The topological polar surface area (TPSA) is 86.0 Å². The molecule has 0 unspecified atom stereocenters. The highest BCUT2D eigenvalue weighted by atomic mass is 19.1. The summed E-state index contributed by atoms with van der Waals surface area (Å²) < 4.78 is 38.3. The van der Waals surface area contributed by atoms with Crippen molar-refractivity contribution >= 4 is 21.9 Å². The minimum atomic E-state index is -0.630. The molecular formula is C28H25F2N5O2. The van der Waals surface area contributed by atoms with Crippen molar-refractivity contribution in [3.05, 3.63) is 71.9 Å². The quantitative estimate of drug-likeness (QED) is 0.315. The van der Waals surface area contributed by atoms with Gasteiger partial charge in [0.15, 0.2) is 0 Å². The predicted octanol–water partition coefficient (Wildman–Crippen LogP) is 6.20. The summed E-state index contributed by atoms with van der Waals surface area (Å²) in [6.45, 7) is 3.75. The average molecular weight is 502 g/mol. The van der Waals surface area contributed by atoms with E-state index in [1.807, 2.05) is 6.92 Å². The third-order valence-electron chi connectivity index (χ3n) is 7.02. The third-order valence-corrected chi connectivity index (χ3v) is 7.02. The first kappa shape index (κ1) is 23.4. The monoisotopic (exact) mass is 501 g/mol. The Hall–Kier alpha value is -3.98. The van der Waals surface area contributed by atoms with E-state index >= 15 is 8.78 Å². The molecule has 0 saturated heterocycles. The van der Waals surface area contributed by atoms with Crippen molar-refractivity contribution in [1.82, 2.24) is 24.5 Å². The molecule has 0 spiro atoms. The van der Waals surface area contributed by atoms with E-state index in [-0.39, 0.29) is 35.0 Å². The molecule has 0 atom stereocenters. The Morgan fingerprint density at radius 1 is 0.892 bits per heavy atom. The van der Waals surface area contributed by atoms with Crippen LogP contribution in [0.3, 0.4) is 0 Å². The molecular weight excluding hydrogens is 476 g/mol. The Morgan fingerprint density at radius 2 is 1.68 bits per heavy atom. The number of benzene rings is 2. The van der Waals surface area contributed by atoms with Crippen LogP contribution in [0.1, 0.15) is 43.2 Å². The second-order valence-electron chi connectivity index (χ2n) is 9.56. The first-order chi connectivity index (χ1) is 17.9. The zero-order valence-corrected chi connectivity index (χ0v) is 20.4. The number of nitrogens with zero attached hydrogens (tertiary/aromatic N) is 5. The Balaban J connectivity index is 1.44. The number of aliphatic hydroxyl groups is 1. The standard InChI is InChI=1S/C28H25F2N5O2/c1-15-9-10-31-28(33-15)37-19-7-8-20(23(29)11-19)21-12-22-25(13-24(21)30)32-14-26-27(22)35(16(2)34-26)17-3-5-18(36)6-4-17/h7-14,17-18,36H,3-6H2,1-2H3/t17-,18-. The molecule has 1 N–H and O–H groups in total. The summed E-state index contributed by atoms with van der Waals surface area (Å²) in [5, 5.41) is 10.7. The third kappa shape index (κ3) is 4.29. The van der Waals surface area contributed by atoms with Crippen LogP contribution in [0, 0.1) is 25.5 Å². The lowest BCUT2D eigenvalue weighted by Crippen LogP contribution is -2.21. The Bertz CT molecular complexity index is 1640. The summed E-state index contributed by atoms with van der Waals surface area (Å²) in [5.41, 5.74) is 2.99. The van der Waals surface area contributed by atoms with Crippen LogP contribution >= 0.6 is 0 Å². The van der Waals surface area contributed by atoms with E-state index in [9.17, 15) is 5.11 Å². The highest BCUT2D eigenvalue weighted by molar-refractivity contribution is 6.04. The number of halogens is 2. The molecule has 1 aliphatic rings. The second kappa shape index (κ2) is 9.15. The van der Waals surface area contributed by atoms with Gasteiger partial charge < -0.3 is 14.4 Å². The Morgan fingerprint density at radius 3 is 2.43 bits per heavy atom. The molecule has 0 aliphatic heterocycles. The van der Waals surface area contributed by atoms with Crippen molar-refractivity contribution in [2.45, 2.75) is 51.7 Å². The van der Waals surface area contributed by atoms with Crippen LogP contribution in [0.5, 0.6) is 11.8 Å². The summed E-state index contributed by atoms with van der Waals surface area (Å²) in [7, 11) is 0. The Labute approximate surface area is 211 Å². The van der Waals surface area contributed by atoms with Gasteiger partial charge in [0.1, 0.15) is 28.7 Å². The molecule has 1 saturated carbocycles. The molecule has 188 valence electrons. The molecule has 3 aromatic heterocycles. The first-order valence-electron chi connectivity index (χ1n) is 12.3. The van der Waals surface area contributed by atoms with E-state index < -0.39 is 11.6 Å². The first-order valence-corrected chi connectivity index (χ1v) is 12.3. The van der Waals surface area contributed by atoms with Gasteiger partial charge in [-0.1, -0.05) is 0 Å². The highest BCUT2D eigenvalue weighted by Gasteiger charge is 2.25. The molecule has 0 bridgehead atoms. The summed E-state index contributed by atoms with van der Waals surface area (Å²) >= 11 is 0. The van der Waals surface area contributed by atoms with Gasteiger partial charge in [0, 0.05) is 46.6 Å². The average Bonchev–Trinajstić information content (AvgIpc) is 3.21. The normalized spacial score (nSPS) is 18.0. The summed E-state index contributed by atoms with van der Waals surface area (Å²) in [6.07, 6.45) is 6.03. The van der Waals surface area contributed by atoms with Crippen LogP contribution in [0.4, 0.5) is 8.78 Å². The SMILES string of the molecule is Cc1ccnc(Oc2ccc(-c3cc4c(cc3F)ncc3nc(C)n([C@H]5CC[C@H](O)CC5)c34)c(F)c2)n1. The molecule has 0 radical (unpaired) electrons. The summed E-state index contributed by atoms with van der Waals surface area (Å²) in [6, 6.07) is 9.25. The van der Waals surface area contributed by atoms with E-state index in [2.05, 4.69) is 19.5 Å². The van der Waals surface area contributed by atoms with Crippen molar-refractivity contribution in [3.63, 3.8) is 0 Å². The number of fused-ring (bicyclic) bond motifs is 3. The fraction of sp³-hybridized carbons (Fsp3) is 0.286. The number of hydrogen-bond donors (Lipinski definition) is 1. The number of ether oxygens (including phenoxy) is 1. The molecule has 2 aromatic carbocycles. The van der Waals surface area contributed by atoms with Crippen molar-refractivity contribution < 1.29 is 18.6 Å². The highest BCUT2D eigenvalue weighted by Crippen LogP contribution is 2.38. The van der Waals surface area contributed by atoms with Crippen molar-refractivity contribution in [3.8, 4) is 22.9 Å². The fourth-order valence-electron chi connectivity index (χ4n) is 5.24. The number of pyridine rings is 1. The lowest BCUT2D eigenvalue weighted by atomic mass is 9.92. The van der Waals surface area contributed by atoms with E-state index in [1.165, 1.54) is 18.2 Å². The van der Waals surface area contributed by atoms with Gasteiger partial charge in [-0.15, -0.1) is 0 Å². The molecule has 7 nitrogen and oxygen atoms in total. The van der Waals surface area contributed by atoms with Gasteiger partial charge in [-0.2, -0.15) is 0 Å². The van der Waals surface area contributed by atoms with Crippen LogP contribution in [0.2, 0.25) is 0 Å². The number of rotatable bonds is 4. The molecule has 1 aliphatic carbocycles. The van der Waals surface area contributed by atoms with Crippen LogP contribution in [-0.2, 0) is 0 Å². The van der Waals surface area contributed by atoms with E-state index in [0.717, 1.165) is 42.7 Å². The van der Waals surface area contributed by atoms with Crippen molar-refractivity contribution in [2.75, 3.05) is 0 Å². The van der Waals surface area contributed by atoms with Crippen LogP contribution < -0.4 is 4.74 Å². The van der Waals surface area contributed by atoms with E-state index in [4.69, 9.17) is 9.72 Å². The van der Waals surface area contributed by atoms with Gasteiger partial charge in [0.05, 0.1) is 23.3 Å². The minimum Gasteiger partial charge on any atom is -0.424 e. The zero-order valence-electron chi connectivity index (χ0n) is 20.4. The smallest absolute Gasteiger partial charge is 0.322 e. The minimum absolute atomic E-state index is 0.108. The fourth-order valence-corrected chi connectivity index (χ4v) is 5.24. The van der Waals surface area contributed by atoms with Gasteiger partial charge in [0.25, 0.3) is 0 Å². The van der Waals surface area contributed by atoms with Gasteiger partial charge >= 0.3 is 6.01 Å². The number of hydrogen-bond acceptors (Lipinski definition) is 6. The molecule has 6 rings (SSSR count). The lowest BCUT2D eigenvalue weighted by molar-refractivity contribution is 0.111. The molecule has 0 amide bonds. The number of aromatic nitrogens is 5. The van der Waals surface area contributed by atoms with Gasteiger partial charge in [-0.3, -0.25) is 4.98 Å². The van der Waals surface area contributed by atoms with E-state index in [0.29, 0.717) is 16.4 Å². The Kier molecular flexibility index (Phi) is 5.79. The van der Waals surface area contributed by atoms with Crippen molar-refractivity contribution in [1.29, 1.82) is 0 Å². The molecule has 5 aromatic rings.